The minimum Gasteiger partial charge on any atom is -0.384 e. The summed E-state index contributed by atoms with van der Waals surface area (Å²) >= 11 is 0. The van der Waals surface area contributed by atoms with Crippen LogP contribution in [0.25, 0.3) is 55.6 Å². The Kier molecular flexibility index (Phi) is 7.17. The number of fused-ring (bicyclic) bond motifs is 2. The number of H-pyrrole nitrogens is 2. The molecule has 0 amide bonds. The van der Waals surface area contributed by atoms with Gasteiger partial charge in [-0.05, 0) is 75.7 Å². The van der Waals surface area contributed by atoms with Gasteiger partial charge in [0.2, 0.25) is 0 Å². The third-order valence-electron chi connectivity index (χ3n) is 6.94. The molecule has 5 aromatic heterocycles. The quantitative estimate of drug-likeness (QED) is 0.222. The summed E-state index contributed by atoms with van der Waals surface area (Å²) in [5, 5.41) is 12.8. The average Bonchev–Trinajstić information content (AvgIpc) is 3.56. The fraction of sp³-hybridized carbons (Fsp3) is 0.226. The number of anilines is 1. The molecule has 0 aliphatic rings. The number of hydrogen-bond acceptors (Lipinski definition) is 7. The number of aromatic nitrogens is 6. The second-order valence-electron chi connectivity index (χ2n) is 10.8. The molecule has 0 saturated heterocycles. The van der Waals surface area contributed by atoms with E-state index in [0.29, 0.717) is 12.2 Å². The van der Waals surface area contributed by atoms with Crippen LogP contribution >= 0.6 is 0 Å². The first-order valence-corrected chi connectivity index (χ1v) is 13.4. The Bertz CT molecular complexity index is 1840. The van der Waals surface area contributed by atoms with E-state index < -0.39 is 0 Å². The molecule has 0 bridgehead atoms. The van der Waals surface area contributed by atoms with E-state index in [1.54, 1.807) is 18.5 Å². The standard InChI is InChI=1S/C31H32FN9/c1-40(2)6-5-35-24-9-20(8-23(32)11-24)27-16-34-17-29-25(27)12-28(37-29)30-26-10-22(15-36-31(26)39-38-30)21-7-19(13-33-14-21)18-41(3)4/h7-17,35,37H,5-6,18H2,1-4H3,(H,36,38,39). The molecule has 41 heavy (non-hydrogen) atoms. The number of halogens is 1. The molecule has 6 rings (SSSR count). The van der Waals surface area contributed by atoms with Gasteiger partial charge in [0.15, 0.2) is 5.65 Å². The summed E-state index contributed by atoms with van der Waals surface area (Å²) in [5.74, 6) is -0.302. The summed E-state index contributed by atoms with van der Waals surface area (Å²) in [4.78, 5) is 21.2. The zero-order chi connectivity index (χ0) is 28.5. The highest BCUT2D eigenvalue weighted by Crippen LogP contribution is 2.35. The molecule has 5 heterocycles. The van der Waals surface area contributed by atoms with Crippen molar-refractivity contribution in [2.75, 3.05) is 46.6 Å². The van der Waals surface area contributed by atoms with Crippen molar-refractivity contribution in [3.05, 3.63) is 78.8 Å². The van der Waals surface area contributed by atoms with Crippen LogP contribution in [0.1, 0.15) is 5.56 Å². The molecule has 0 unspecified atom stereocenters. The Balaban J connectivity index is 1.37. The highest BCUT2D eigenvalue weighted by Gasteiger charge is 2.16. The van der Waals surface area contributed by atoms with E-state index in [9.17, 15) is 4.39 Å². The molecule has 1 aromatic carbocycles. The lowest BCUT2D eigenvalue weighted by molar-refractivity contribution is 0.402. The maximum Gasteiger partial charge on any atom is 0.155 e. The van der Waals surface area contributed by atoms with Crippen molar-refractivity contribution < 1.29 is 4.39 Å². The smallest absolute Gasteiger partial charge is 0.155 e. The summed E-state index contributed by atoms with van der Waals surface area (Å²) in [7, 11) is 8.09. The van der Waals surface area contributed by atoms with Crippen molar-refractivity contribution in [3.8, 4) is 33.6 Å². The van der Waals surface area contributed by atoms with E-state index >= 15 is 0 Å². The molecule has 6 aromatic rings. The summed E-state index contributed by atoms with van der Waals surface area (Å²) in [6, 6.07) is 11.3. The van der Waals surface area contributed by atoms with Gasteiger partial charge in [-0.3, -0.25) is 15.1 Å². The highest BCUT2D eigenvalue weighted by atomic mass is 19.1. The van der Waals surface area contributed by atoms with Crippen molar-refractivity contribution >= 4 is 27.6 Å². The first kappa shape index (κ1) is 26.5. The van der Waals surface area contributed by atoms with E-state index in [1.165, 1.54) is 6.07 Å². The number of pyridine rings is 3. The lowest BCUT2D eigenvalue weighted by atomic mass is 10.0. The van der Waals surface area contributed by atoms with Gasteiger partial charge in [0.25, 0.3) is 0 Å². The Hall–Kier alpha value is -4.67. The summed E-state index contributed by atoms with van der Waals surface area (Å²) in [5.41, 5.74) is 8.50. The number of aromatic amines is 2. The number of hydrogen-bond donors (Lipinski definition) is 3. The summed E-state index contributed by atoms with van der Waals surface area (Å²) in [6.07, 6.45) is 9.12. The topological polar surface area (TPSA) is 102 Å². The largest absolute Gasteiger partial charge is 0.384 e. The normalized spacial score (nSPS) is 11.8. The zero-order valence-electron chi connectivity index (χ0n) is 23.5. The summed E-state index contributed by atoms with van der Waals surface area (Å²) < 4.78 is 14.7. The summed E-state index contributed by atoms with van der Waals surface area (Å²) in [6.45, 7) is 2.36. The molecule has 0 spiro atoms. The van der Waals surface area contributed by atoms with Crippen molar-refractivity contribution in [2.45, 2.75) is 6.54 Å². The number of rotatable bonds is 9. The Labute approximate surface area is 237 Å². The Morgan fingerprint density at radius 1 is 0.805 bits per heavy atom. The van der Waals surface area contributed by atoms with Gasteiger partial charge in [-0.2, -0.15) is 5.10 Å². The fourth-order valence-corrected chi connectivity index (χ4v) is 5.04. The molecule has 9 nitrogen and oxygen atoms in total. The third kappa shape index (κ3) is 5.65. The number of likely N-dealkylation sites (N-methyl/N-ethyl adjacent to an activating group) is 1. The van der Waals surface area contributed by atoms with Crippen LogP contribution in [0, 0.1) is 5.82 Å². The molecular formula is C31H32FN9. The van der Waals surface area contributed by atoms with E-state index in [-0.39, 0.29) is 5.82 Å². The van der Waals surface area contributed by atoms with Gasteiger partial charge in [-0.1, -0.05) is 0 Å². The second-order valence-corrected chi connectivity index (χ2v) is 10.8. The van der Waals surface area contributed by atoms with Crippen LogP contribution in [-0.4, -0.2) is 81.2 Å². The van der Waals surface area contributed by atoms with Gasteiger partial charge >= 0.3 is 0 Å². The van der Waals surface area contributed by atoms with Crippen LogP contribution in [0.3, 0.4) is 0 Å². The van der Waals surface area contributed by atoms with Crippen LogP contribution in [-0.2, 0) is 6.54 Å². The molecule has 208 valence electrons. The first-order chi connectivity index (χ1) is 19.8. The zero-order valence-corrected chi connectivity index (χ0v) is 23.5. The molecular weight excluding hydrogens is 517 g/mol. The van der Waals surface area contributed by atoms with Gasteiger partial charge in [0.05, 0.1) is 17.4 Å². The van der Waals surface area contributed by atoms with E-state index in [4.69, 9.17) is 0 Å². The predicted molar refractivity (Wildman–Crippen MR) is 162 cm³/mol. The minimum atomic E-state index is -0.302. The molecule has 10 heteroatoms. The van der Waals surface area contributed by atoms with Gasteiger partial charge in [0, 0.05) is 77.6 Å². The highest BCUT2D eigenvalue weighted by molar-refractivity contribution is 6.00. The molecule has 0 atom stereocenters. The Morgan fingerprint density at radius 2 is 1.63 bits per heavy atom. The minimum absolute atomic E-state index is 0.302. The van der Waals surface area contributed by atoms with E-state index in [2.05, 4.69) is 57.4 Å². The molecule has 0 aliphatic carbocycles. The molecule has 0 radical (unpaired) electrons. The van der Waals surface area contributed by atoms with Gasteiger partial charge in [0.1, 0.15) is 11.5 Å². The monoisotopic (exact) mass is 549 g/mol. The number of nitrogens with one attached hydrogen (secondary N) is 3. The van der Waals surface area contributed by atoms with Crippen LogP contribution in [0.15, 0.2) is 67.4 Å². The molecule has 0 fully saturated rings. The number of benzene rings is 1. The third-order valence-corrected chi connectivity index (χ3v) is 6.94. The van der Waals surface area contributed by atoms with Crippen LogP contribution < -0.4 is 5.32 Å². The molecule has 3 N–H and O–H groups in total. The maximum atomic E-state index is 14.7. The first-order valence-electron chi connectivity index (χ1n) is 13.4. The van der Waals surface area contributed by atoms with Crippen molar-refractivity contribution in [2.24, 2.45) is 0 Å². The van der Waals surface area contributed by atoms with E-state index in [1.807, 2.05) is 58.9 Å². The van der Waals surface area contributed by atoms with Crippen molar-refractivity contribution in [1.82, 2.24) is 39.9 Å². The maximum absolute atomic E-state index is 14.7. The van der Waals surface area contributed by atoms with Crippen molar-refractivity contribution in [3.63, 3.8) is 0 Å². The molecule has 0 aliphatic heterocycles. The van der Waals surface area contributed by atoms with Gasteiger partial charge in [-0.15, -0.1) is 0 Å². The predicted octanol–water partition coefficient (Wildman–Crippen LogP) is 5.40. The lowest BCUT2D eigenvalue weighted by Gasteiger charge is -2.13. The van der Waals surface area contributed by atoms with Crippen molar-refractivity contribution in [1.29, 1.82) is 0 Å². The lowest BCUT2D eigenvalue weighted by Crippen LogP contribution is -2.20. The fourth-order valence-electron chi connectivity index (χ4n) is 5.04. The van der Waals surface area contributed by atoms with Crippen LogP contribution in [0.4, 0.5) is 10.1 Å². The molecule has 0 saturated carbocycles. The van der Waals surface area contributed by atoms with E-state index in [0.717, 1.165) is 74.3 Å². The average molecular weight is 550 g/mol. The van der Waals surface area contributed by atoms with Crippen LogP contribution in [0.5, 0.6) is 0 Å². The van der Waals surface area contributed by atoms with Gasteiger partial charge in [-0.25, -0.2) is 9.37 Å². The van der Waals surface area contributed by atoms with Gasteiger partial charge < -0.3 is 20.1 Å². The van der Waals surface area contributed by atoms with Crippen LogP contribution in [0.2, 0.25) is 0 Å². The Morgan fingerprint density at radius 3 is 2.46 bits per heavy atom. The SMILES string of the molecule is CN(C)CCNc1cc(F)cc(-c2cncc3[nH]c(-c4n[nH]c5ncc(-c6cncc(CN(C)C)c6)cc45)cc23)c1. The second kappa shape index (κ2) is 11.1. The number of nitrogens with zero attached hydrogens (tertiary/aromatic N) is 6.